The molecule has 0 bridgehead atoms. The van der Waals surface area contributed by atoms with E-state index in [4.69, 9.17) is 23.2 Å². The fraction of sp³-hybridized carbons (Fsp3) is 0.273. The van der Waals surface area contributed by atoms with Gasteiger partial charge in [0.25, 0.3) is 5.91 Å². The lowest BCUT2D eigenvalue weighted by Crippen LogP contribution is -2.16. The molecule has 0 aliphatic heterocycles. The van der Waals surface area contributed by atoms with Gasteiger partial charge in [-0.15, -0.1) is 0 Å². The predicted octanol–water partition coefficient (Wildman–Crippen LogP) is 4.62. The zero-order valence-electron chi connectivity index (χ0n) is 18.2. The van der Waals surface area contributed by atoms with Gasteiger partial charge in [-0.1, -0.05) is 35.3 Å². The summed E-state index contributed by atoms with van der Waals surface area (Å²) in [5.74, 6) is -0.302. The van der Waals surface area contributed by atoms with Gasteiger partial charge in [-0.25, -0.2) is 4.68 Å². The molecule has 0 atom stereocenters. The van der Waals surface area contributed by atoms with Crippen LogP contribution in [0.1, 0.15) is 38.8 Å². The number of hydrogen-bond acceptors (Lipinski definition) is 4. The van der Waals surface area contributed by atoms with Crippen molar-refractivity contribution in [2.75, 3.05) is 5.32 Å². The number of nitrogens with one attached hydrogen (secondary N) is 1. The first-order chi connectivity index (χ1) is 15.2. The van der Waals surface area contributed by atoms with Crippen molar-refractivity contribution >= 4 is 34.8 Å². The summed E-state index contributed by atoms with van der Waals surface area (Å²) >= 11 is 12.3. The highest BCUT2D eigenvalue weighted by Crippen LogP contribution is 2.22. The average Bonchev–Trinajstić information content (AvgIpc) is 3.39. The van der Waals surface area contributed by atoms with Gasteiger partial charge in [0.1, 0.15) is 6.67 Å². The van der Waals surface area contributed by atoms with E-state index in [-0.39, 0.29) is 5.91 Å². The fourth-order valence-electron chi connectivity index (χ4n) is 3.53. The van der Waals surface area contributed by atoms with E-state index in [1.807, 2.05) is 56.6 Å². The molecule has 1 amide bonds. The smallest absolute Gasteiger partial charge is 0.276 e. The van der Waals surface area contributed by atoms with E-state index in [9.17, 15) is 4.79 Å². The Kier molecular flexibility index (Phi) is 6.08. The van der Waals surface area contributed by atoms with Gasteiger partial charge in [-0.3, -0.25) is 14.2 Å². The van der Waals surface area contributed by atoms with Crippen molar-refractivity contribution in [3.8, 4) is 0 Å². The van der Waals surface area contributed by atoms with Crippen molar-refractivity contribution in [1.82, 2.24) is 29.3 Å². The Morgan fingerprint density at radius 3 is 2.41 bits per heavy atom. The van der Waals surface area contributed by atoms with Crippen molar-refractivity contribution in [2.45, 2.75) is 40.9 Å². The van der Waals surface area contributed by atoms with E-state index in [1.165, 1.54) is 0 Å². The Morgan fingerprint density at radius 1 is 0.969 bits per heavy atom. The number of hydrogen-bond donors (Lipinski definition) is 1. The second kappa shape index (κ2) is 8.80. The average molecular weight is 472 g/mol. The van der Waals surface area contributed by atoms with Crippen LogP contribution in [0.25, 0.3) is 0 Å². The monoisotopic (exact) mass is 471 g/mol. The highest BCUT2D eigenvalue weighted by molar-refractivity contribution is 6.31. The highest BCUT2D eigenvalue weighted by atomic mass is 35.5. The summed E-state index contributed by atoms with van der Waals surface area (Å²) < 4.78 is 5.25. The molecule has 0 saturated heterocycles. The van der Waals surface area contributed by atoms with E-state index < -0.39 is 0 Å². The van der Waals surface area contributed by atoms with Crippen molar-refractivity contribution < 1.29 is 4.79 Å². The number of aryl methyl sites for hydroxylation is 2. The Hall–Kier alpha value is -3.10. The van der Waals surface area contributed by atoms with Gasteiger partial charge in [-0.05, 0) is 51.5 Å². The van der Waals surface area contributed by atoms with Gasteiger partial charge in [-0.2, -0.15) is 15.3 Å². The van der Waals surface area contributed by atoms with E-state index in [0.29, 0.717) is 34.6 Å². The molecule has 4 rings (SSSR count). The summed E-state index contributed by atoms with van der Waals surface area (Å²) in [7, 11) is 0. The molecule has 10 heteroatoms. The minimum Gasteiger partial charge on any atom is -0.317 e. The largest absolute Gasteiger partial charge is 0.317 e. The molecule has 0 aliphatic rings. The van der Waals surface area contributed by atoms with Crippen molar-refractivity contribution in [3.05, 3.63) is 80.6 Å². The normalized spacial score (nSPS) is 11.2. The van der Waals surface area contributed by atoms with Crippen LogP contribution in [0.15, 0.2) is 36.5 Å². The Bertz CT molecular complexity index is 1300. The molecule has 3 aromatic heterocycles. The molecule has 0 spiro atoms. The third-order valence-corrected chi connectivity index (χ3v) is 6.07. The molecule has 1 aromatic carbocycles. The molecule has 0 radical (unpaired) electrons. The van der Waals surface area contributed by atoms with Crippen LogP contribution in [0.2, 0.25) is 10.0 Å². The van der Waals surface area contributed by atoms with E-state index in [2.05, 4.69) is 20.6 Å². The van der Waals surface area contributed by atoms with Gasteiger partial charge in [0.05, 0.1) is 40.0 Å². The fourth-order valence-corrected chi connectivity index (χ4v) is 3.88. The van der Waals surface area contributed by atoms with Crippen LogP contribution >= 0.6 is 23.2 Å². The van der Waals surface area contributed by atoms with Gasteiger partial charge in [0.2, 0.25) is 0 Å². The molecule has 3 heterocycles. The number of rotatable bonds is 6. The number of anilines is 1. The van der Waals surface area contributed by atoms with Crippen LogP contribution in [-0.4, -0.2) is 35.2 Å². The van der Waals surface area contributed by atoms with Crippen LogP contribution < -0.4 is 5.32 Å². The molecule has 166 valence electrons. The topological polar surface area (TPSA) is 82.6 Å². The van der Waals surface area contributed by atoms with E-state index in [0.717, 1.165) is 28.3 Å². The number of benzene rings is 1. The number of aromatic nitrogens is 6. The predicted molar refractivity (Wildman–Crippen MR) is 125 cm³/mol. The Morgan fingerprint density at radius 2 is 1.72 bits per heavy atom. The number of nitrogens with zero attached hydrogens (tertiary/aromatic N) is 6. The van der Waals surface area contributed by atoms with Gasteiger partial charge < -0.3 is 5.32 Å². The first-order valence-corrected chi connectivity index (χ1v) is 10.8. The molecule has 0 aliphatic carbocycles. The lowest BCUT2D eigenvalue weighted by Gasteiger charge is -2.07. The summed E-state index contributed by atoms with van der Waals surface area (Å²) in [6.07, 6.45) is 1.74. The second-order valence-electron chi connectivity index (χ2n) is 7.65. The van der Waals surface area contributed by atoms with Crippen LogP contribution in [0, 0.1) is 27.7 Å². The summed E-state index contributed by atoms with van der Waals surface area (Å²) in [6, 6.07) is 9.30. The minimum absolute atomic E-state index is 0.302. The Balaban J connectivity index is 1.48. The lowest BCUT2D eigenvalue weighted by molar-refractivity contribution is 0.102. The van der Waals surface area contributed by atoms with Gasteiger partial charge >= 0.3 is 0 Å². The lowest BCUT2D eigenvalue weighted by atomic mass is 10.2. The van der Waals surface area contributed by atoms with Crippen molar-refractivity contribution in [2.24, 2.45) is 0 Å². The molecule has 8 nitrogen and oxygen atoms in total. The summed E-state index contributed by atoms with van der Waals surface area (Å²) in [5, 5.41) is 17.6. The van der Waals surface area contributed by atoms with Crippen LogP contribution in [0.3, 0.4) is 0 Å². The SMILES string of the molecule is Cc1nn(Cn2ccc(C(=O)Nc3c(C)nn(Cc4cccc(Cl)c4)c3C)n2)c(C)c1Cl. The van der Waals surface area contributed by atoms with Crippen molar-refractivity contribution in [1.29, 1.82) is 0 Å². The van der Waals surface area contributed by atoms with Crippen LogP contribution in [0.5, 0.6) is 0 Å². The summed E-state index contributed by atoms with van der Waals surface area (Å²) in [6.45, 7) is 8.45. The highest BCUT2D eigenvalue weighted by Gasteiger charge is 2.18. The van der Waals surface area contributed by atoms with Gasteiger partial charge in [0.15, 0.2) is 5.69 Å². The maximum absolute atomic E-state index is 12.8. The summed E-state index contributed by atoms with van der Waals surface area (Å²) in [4.78, 5) is 12.8. The quantitative estimate of drug-likeness (QED) is 0.444. The second-order valence-corrected chi connectivity index (χ2v) is 8.47. The molecule has 0 fully saturated rings. The molecule has 32 heavy (non-hydrogen) atoms. The van der Waals surface area contributed by atoms with E-state index >= 15 is 0 Å². The number of carbonyl (C=O) groups excluding carboxylic acids is 1. The third kappa shape index (κ3) is 4.42. The van der Waals surface area contributed by atoms with E-state index in [1.54, 1.807) is 21.6 Å². The first-order valence-electron chi connectivity index (χ1n) is 10.1. The zero-order chi connectivity index (χ0) is 23.0. The zero-order valence-corrected chi connectivity index (χ0v) is 19.7. The van der Waals surface area contributed by atoms with Crippen LogP contribution in [-0.2, 0) is 13.2 Å². The maximum Gasteiger partial charge on any atom is 0.276 e. The van der Waals surface area contributed by atoms with Crippen molar-refractivity contribution in [3.63, 3.8) is 0 Å². The molecule has 0 unspecified atom stereocenters. The van der Waals surface area contributed by atoms with Crippen LogP contribution in [0.4, 0.5) is 5.69 Å². The molecular weight excluding hydrogens is 449 g/mol. The number of carbonyl (C=O) groups is 1. The minimum atomic E-state index is -0.302. The maximum atomic E-state index is 12.8. The first kappa shape index (κ1) is 22.1. The number of amides is 1. The molecule has 1 N–H and O–H groups in total. The number of halogens is 2. The van der Waals surface area contributed by atoms with Gasteiger partial charge in [0, 0.05) is 11.2 Å². The molecular formula is C22H23Cl2N7O. The molecule has 0 saturated carbocycles. The Labute approximate surface area is 195 Å². The molecule has 4 aromatic rings. The standard InChI is InChI=1S/C22H23Cl2N7O/c1-13-20(24)15(3)31(26-13)12-29-9-8-19(28-29)22(32)25-21-14(2)27-30(16(21)4)11-17-6-5-7-18(23)10-17/h5-10H,11-12H2,1-4H3,(H,25,32). The third-order valence-electron chi connectivity index (χ3n) is 5.29. The summed E-state index contributed by atoms with van der Waals surface area (Å²) in [5.41, 5.74) is 5.21.